The van der Waals surface area contributed by atoms with Gasteiger partial charge in [-0.3, -0.25) is 14.5 Å². The highest BCUT2D eigenvalue weighted by Gasteiger charge is 2.43. The largest absolute Gasteiger partial charge is 0.497 e. The second-order valence-corrected chi connectivity index (χ2v) is 9.41. The molecule has 10 heteroatoms. The number of hydrogen-bond donors (Lipinski definition) is 0. The minimum atomic E-state index is -0.546. The van der Waals surface area contributed by atoms with E-state index in [4.69, 9.17) is 17.0 Å². The van der Waals surface area contributed by atoms with Crippen LogP contribution in [-0.2, 0) is 9.59 Å². The zero-order chi connectivity index (χ0) is 20.4. The Bertz CT molecular complexity index is 912. The van der Waals surface area contributed by atoms with Crippen molar-refractivity contribution in [2.24, 2.45) is 9.98 Å². The number of amides is 2. The van der Waals surface area contributed by atoms with Gasteiger partial charge in [-0.1, -0.05) is 41.8 Å². The lowest BCUT2D eigenvalue weighted by atomic mass is 10.1. The average Bonchev–Trinajstić information content (AvgIpc) is 3.09. The lowest BCUT2D eigenvalue weighted by molar-refractivity contribution is -0.129. The zero-order valence-corrected chi connectivity index (χ0v) is 18.3. The summed E-state index contributed by atoms with van der Waals surface area (Å²) in [6, 6.07) is 7.45. The van der Waals surface area contributed by atoms with Crippen molar-refractivity contribution < 1.29 is 14.3 Å². The Balaban J connectivity index is 1.52. The molecule has 0 aliphatic carbocycles. The molecule has 0 bridgehead atoms. The molecular weight excluding hydrogens is 428 g/mol. The monoisotopic (exact) mass is 448 g/mol. The normalized spacial score (nSPS) is 21.6. The molecule has 29 heavy (non-hydrogen) atoms. The Hall–Kier alpha value is -1.91. The van der Waals surface area contributed by atoms with Crippen LogP contribution in [0.15, 0.2) is 34.3 Å². The SMILES string of the molecule is COc1cccc(N2C(=S)SC3C(=O)N=C(SCC(=O)N4CCCCC4)N=C32)c1. The number of carbonyl (C=O) groups is 2. The summed E-state index contributed by atoms with van der Waals surface area (Å²) in [5.41, 5.74) is 0.784. The van der Waals surface area contributed by atoms with Crippen molar-refractivity contribution in [3.63, 3.8) is 0 Å². The molecule has 2 fully saturated rings. The van der Waals surface area contributed by atoms with Crippen molar-refractivity contribution in [2.75, 3.05) is 30.9 Å². The van der Waals surface area contributed by atoms with Gasteiger partial charge in [0.05, 0.1) is 18.6 Å². The second kappa shape index (κ2) is 8.85. The van der Waals surface area contributed by atoms with Crippen molar-refractivity contribution in [3.8, 4) is 5.75 Å². The summed E-state index contributed by atoms with van der Waals surface area (Å²) in [7, 11) is 1.60. The van der Waals surface area contributed by atoms with E-state index < -0.39 is 5.25 Å². The molecule has 0 saturated carbocycles. The van der Waals surface area contributed by atoms with E-state index >= 15 is 0 Å². The van der Waals surface area contributed by atoms with Gasteiger partial charge in [-0.2, -0.15) is 4.99 Å². The van der Waals surface area contributed by atoms with Gasteiger partial charge in [-0.05, 0) is 31.4 Å². The summed E-state index contributed by atoms with van der Waals surface area (Å²) in [5, 5.41) is -0.236. The topological polar surface area (TPSA) is 74.6 Å². The fraction of sp³-hybridized carbons (Fsp3) is 0.421. The predicted octanol–water partition coefficient (Wildman–Crippen LogP) is 2.94. The van der Waals surface area contributed by atoms with Crippen LogP contribution in [0.25, 0.3) is 0 Å². The number of rotatable bonds is 4. The number of nitrogens with zero attached hydrogens (tertiary/aromatic N) is 4. The van der Waals surface area contributed by atoms with Gasteiger partial charge in [0.15, 0.2) is 10.4 Å². The van der Waals surface area contributed by atoms with Crippen LogP contribution in [0.5, 0.6) is 5.75 Å². The Morgan fingerprint density at radius 1 is 1.31 bits per heavy atom. The van der Waals surface area contributed by atoms with E-state index in [1.54, 1.807) is 12.0 Å². The Labute approximate surface area is 183 Å². The van der Waals surface area contributed by atoms with Gasteiger partial charge in [0.25, 0.3) is 5.91 Å². The zero-order valence-electron chi connectivity index (χ0n) is 15.9. The van der Waals surface area contributed by atoms with E-state index in [0.29, 0.717) is 21.1 Å². The molecule has 1 aromatic carbocycles. The number of hydrogen-bond acceptors (Lipinski definition) is 7. The molecule has 3 aliphatic rings. The van der Waals surface area contributed by atoms with E-state index in [1.807, 2.05) is 29.2 Å². The van der Waals surface area contributed by atoms with Crippen LogP contribution in [0.2, 0.25) is 0 Å². The molecule has 2 saturated heterocycles. The summed E-state index contributed by atoms with van der Waals surface area (Å²) in [4.78, 5) is 37.3. The maximum atomic E-state index is 12.6. The number of aliphatic imine (C=N–C) groups is 2. The lowest BCUT2D eigenvalue weighted by Crippen LogP contribution is -2.38. The van der Waals surface area contributed by atoms with Crippen LogP contribution in [0.3, 0.4) is 0 Å². The summed E-state index contributed by atoms with van der Waals surface area (Å²) >= 11 is 7.97. The fourth-order valence-corrected chi connectivity index (χ4v) is 5.53. The Morgan fingerprint density at radius 3 is 2.86 bits per heavy atom. The lowest BCUT2D eigenvalue weighted by Gasteiger charge is -2.26. The van der Waals surface area contributed by atoms with Crippen LogP contribution in [0.4, 0.5) is 5.69 Å². The smallest absolute Gasteiger partial charge is 0.269 e. The van der Waals surface area contributed by atoms with Gasteiger partial charge in [-0.25, -0.2) is 4.99 Å². The number of carbonyl (C=O) groups excluding carboxylic acids is 2. The van der Waals surface area contributed by atoms with Crippen LogP contribution in [0.1, 0.15) is 19.3 Å². The van der Waals surface area contributed by atoms with Crippen molar-refractivity contribution in [3.05, 3.63) is 24.3 Å². The summed E-state index contributed by atoms with van der Waals surface area (Å²) in [6.45, 7) is 1.60. The van der Waals surface area contributed by atoms with Crippen molar-refractivity contribution in [2.45, 2.75) is 24.5 Å². The van der Waals surface area contributed by atoms with Crippen molar-refractivity contribution in [1.29, 1.82) is 0 Å². The van der Waals surface area contributed by atoms with E-state index in [-0.39, 0.29) is 17.6 Å². The van der Waals surface area contributed by atoms with Crippen molar-refractivity contribution >= 4 is 68.6 Å². The minimum absolute atomic E-state index is 0.0631. The molecule has 3 aliphatic heterocycles. The number of benzene rings is 1. The molecule has 4 rings (SSSR count). The van der Waals surface area contributed by atoms with Crippen LogP contribution < -0.4 is 9.64 Å². The first kappa shape index (κ1) is 20.4. The summed E-state index contributed by atoms with van der Waals surface area (Å²) in [6.07, 6.45) is 3.26. The number of ether oxygens (including phenoxy) is 1. The fourth-order valence-electron chi connectivity index (χ4n) is 3.38. The van der Waals surface area contributed by atoms with Gasteiger partial charge in [0.1, 0.15) is 15.9 Å². The molecule has 152 valence electrons. The number of thiocarbonyl (C=S) groups is 1. The van der Waals surface area contributed by atoms with E-state index in [0.717, 1.165) is 31.6 Å². The molecule has 1 atom stereocenters. The van der Waals surface area contributed by atoms with Crippen LogP contribution in [-0.4, -0.2) is 63.2 Å². The highest BCUT2D eigenvalue weighted by molar-refractivity contribution is 8.25. The van der Waals surface area contributed by atoms with E-state index in [2.05, 4.69) is 9.98 Å². The standard InChI is InChI=1S/C19H20N4O3S3/c1-26-13-7-5-6-12(10-13)23-16-15(29-19(23)27)17(25)21-18(20-16)28-11-14(24)22-8-3-2-4-9-22/h5-7,10,15H,2-4,8-9,11H2,1H3. The quantitative estimate of drug-likeness (QED) is 0.656. The first-order chi connectivity index (χ1) is 14.1. The van der Waals surface area contributed by atoms with Gasteiger partial charge < -0.3 is 9.64 Å². The number of methoxy groups -OCH3 is 1. The highest BCUT2D eigenvalue weighted by Crippen LogP contribution is 2.37. The number of piperidine rings is 1. The molecule has 7 nitrogen and oxygen atoms in total. The third-order valence-corrected chi connectivity index (χ3v) is 7.19. The second-order valence-electron chi connectivity index (χ2n) is 6.73. The van der Waals surface area contributed by atoms with Crippen LogP contribution >= 0.6 is 35.7 Å². The number of likely N-dealkylation sites (tertiary alicyclic amines) is 1. The van der Waals surface area contributed by atoms with Gasteiger partial charge in [0, 0.05) is 19.2 Å². The first-order valence-electron chi connectivity index (χ1n) is 9.33. The molecule has 2 amide bonds. The highest BCUT2D eigenvalue weighted by atomic mass is 32.2. The third-order valence-electron chi connectivity index (χ3n) is 4.85. The van der Waals surface area contributed by atoms with E-state index in [9.17, 15) is 9.59 Å². The molecule has 0 spiro atoms. The summed E-state index contributed by atoms with van der Waals surface area (Å²) in [5.74, 6) is 1.23. The van der Waals surface area contributed by atoms with E-state index in [1.165, 1.54) is 29.9 Å². The maximum absolute atomic E-state index is 12.6. The number of thioether (sulfide) groups is 2. The van der Waals surface area contributed by atoms with Gasteiger partial charge in [-0.15, -0.1) is 0 Å². The van der Waals surface area contributed by atoms with Crippen LogP contribution in [0, 0.1) is 0 Å². The summed E-state index contributed by atoms with van der Waals surface area (Å²) < 4.78 is 5.84. The van der Waals surface area contributed by atoms with Gasteiger partial charge in [0.2, 0.25) is 5.91 Å². The number of amidine groups is 2. The maximum Gasteiger partial charge on any atom is 0.269 e. The molecule has 1 aromatic rings. The average molecular weight is 449 g/mol. The molecule has 3 heterocycles. The molecule has 0 radical (unpaired) electrons. The molecule has 0 aromatic heterocycles. The first-order valence-corrected chi connectivity index (χ1v) is 11.6. The molecular formula is C19H20N4O3S3. The van der Waals surface area contributed by atoms with Crippen molar-refractivity contribution in [1.82, 2.24) is 4.90 Å². The molecule has 0 N–H and O–H groups in total. The number of fused-ring (bicyclic) bond motifs is 1. The Kier molecular flexibility index (Phi) is 6.21. The number of anilines is 1. The predicted molar refractivity (Wildman–Crippen MR) is 122 cm³/mol. The minimum Gasteiger partial charge on any atom is -0.497 e. The third kappa shape index (κ3) is 4.34. The Morgan fingerprint density at radius 2 is 2.10 bits per heavy atom. The molecule has 1 unspecified atom stereocenters. The van der Waals surface area contributed by atoms with Gasteiger partial charge >= 0.3 is 0 Å².